The number of aromatic hydroxyl groups is 2. The van der Waals surface area contributed by atoms with Crippen molar-refractivity contribution >= 4 is 29.3 Å². The number of alkyl carbamates (subject to hydrolysis) is 1. The SMILES string of the molecule is CCCCNC(=O)c1ccc(N(N)/C=C(\N)CCOC(=O)NCCNc2ccc3c(c2)C(=O)OC32c3ccc(O)cc3Oc3cc(O)ccc32)cc1. The minimum Gasteiger partial charge on any atom is -0.508 e. The van der Waals surface area contributed by atoms with Gasteiger partial charge < -0.3 is 46.1 Å². The maximum absolute atomic E-state index is 13.3. The average Bonchev–Trinajstić information content (AvgIpc) is 3.41. The van der Waals surface area contributed by atoms with E-state index in [4.69, 9.17) is 25.8 Å². The number of nitrogens with zero attached hydrogens (tertiary/aromatic N) is 1. The first-order valence-corrected chi connectivity index (χ1v) is 16.8. The van der Waals surface area contributed by atoms with E-state index in [9.17, 15) is 24.6 Å². The molecule has 52 heavy (non-hydrogen) atoms. The van der Waals surface area contributed by atoms with Gasteiger partial charge in [-0.15, -0.1) is 0 Å². The molecule has 0 radical (unpaired) electrons. The smallest absolute Gasteiger partial charge is 0.407 e. The van der Waals surface area contributed by atoms with Crippen molar-refractivity contribution in [2.24, 2.45) is 11.6 Å². The molecule has 2 aliphatic heterocycles. The van der Waals surface area contributed by atoms with E-state index in [2.05, 4.69) is 22.9 Å². The first-order chi connectivity index (χ1) is 25.1. The predicted octanol–water partition coefficient (Wildman–Crippen LogP) is 4.90. The third-order valence-electron chi connectivity index (χ3n) is 8.67. The molecule has 4 aromatic carbocycles. The Bertz CT molecular complexity index is 1960. The van der Waals surface area contributed by atoms with Crippen LogP contribution >= 0.6 is 0 Å². The van der Waals surface area contributed by atoms with Gasteiger partial charge in [-0.05, 0) is 67.1 Å². The highest BCUT2D eigenvalue weighted by Gasteiger charge is 2.53. The van der Waals surface area contributed by atoms with Crippen molar-refractivity contribution in [3.63, 3.8) is 0 Å². The van der Waals surface area contributed by atoms with Gasteiger partial charge in [0.2, 0.25) is 0 Å². The van der Waals surface area contributed by atoms with E-state index < -0.39 is 17.7 Å². The summed E-state index contributed by atoms with van der Waals surface area (Å²) in [6, 6.07) is 21.2. The van der Waals surface area contributed by atoms with Crippen LogP contribution in [0.3, 0.4) is 0 Å². The Morgan fingerprint density at radius 1 is 0.885 bits per heavy atom. The summed E-state index contributed by atoms with van der Waals surface area (Å²) in [7, 11) is 0. The van der Waals surface area contributed by atoms with Crippen LogP contribution in [0.4, 0.5) is 16.2 Å². The zero-order chi connectivity index (χ0) is 36.8. The van der Waals surface area contributed by atoms with Gasteiger partial charge in [-0.3, -0.25) is 9.80 Å². The van der Waals surface area contributed by atoms with Crippen LogP contribution in [0, 0.1) is 0 Å². The van der Waals surface area contributed by atoms with Gasteiger partial charge in [0.25, 0.3) is 5.91 Å². The van der Waals surface area contributed by atoms with Gasteiger partial charge in [-0.25, -0.2) is 15.4 Å². The molecule has 0 atom stereocenters. The maximum Gasteiger partial charge on any atom is 0.407 e. The van der Waals surface area contributed by atoms with Crippen molar-refractivity contribution < 1.29 is 38.8 Å². The summed E-state index contributed by atoms with van der Waals surface area (Å²) in [6.07, 6.45) is 3.05. The van der Waals surface area contributed by atoms with Gasteiger partial charge in [-0.1, -0.05) is 19.4 Å². The molecular formula is C38H40N6O8. The molecule has 14 nitrogen and oxygen atoms in total. The van der Waals surface area contributed by atoms with Crippen molar-refractivity contribution in [3.8, 4) is 23.0 Å². The quantitative estimate of drug-likeness (QED) is 0.0428. The lowest BCUT2D eigenvalue weighted by molar-refractivity contribution is 0.0224. The number of unbranched alkanes of at least 4 members (excludes halogenated alkanes) is 1. The van der Waals surface area contributed by atoms with Gasteiger partial charge in [0.1, 0.15) is 23.0 Å². The van der Waals surface area contributed by atoms with Crippen molar-refractivity contribution in [3.05, 3.63) is 119 Å². The minimum atomic E-state index is -1.35. The molecule has 2 amide bonds. The molecule has 9 N–H and O–H groups in total. The summed E-state index contributed by atoms with van der Waals surface area (Å²) in [5.41, 5.74) is 8.89. The summed E-state index contributed by atoms with van der Waals surface area (Å²) in [4.78, 5) is 37.8. The fourth-order valence-electron chi connectivity index (χ4n) is 6.08. The molecule has 0 aliphatic carbocycles. The first-order valence-electron chi connectivity index (χ1n) is 16.8. The topological polar surface area (TPSA) is 211 Å². The molecule has 4 aromatic rings. The number of amides is 2. The van der Waals surface area contributed by atoms with Crippen molar-refractivity contribution in [2.75, 3.05) is 36.6 Å². The van der Waals surface area contributed by atoms with Crippen molar-refractivity contribution in [1.29, 1.82) is 0 Å². The number of benzene rings is 4. The number of phenolic OH excluding ortho intramolecular Hbond substituents is 2. The molecule has 2 heterocycles. The van der Waals surface area contributed by atoms with Gasteiger partial charge >= 0.3 is 12.1 Å². The molecule has 0 fully saturated rings. The van der Waals surface area contributed by atoms with Gasteiger partial charge in [0, 0.05) is 78.0 Å². The van der Waals surface area contributed by atoms with E-state index in [0.29, 0.717) is 69.5 Å². The molecule has 0 unspecified atom stereocenters. The lowest BCUT2D eigenvalue weighted by atomic mass is 9.77. The van der Waals surface area contributed by atoms with Gasteiger partial charge in [-0.2, -0.15) is 0 Å². The van der Waals surface area contributed by atoms with E-state index in [1.807, 2.05) is 0 Å². The molecule has 6 rings (SSSR count). The Labute approximate surface area is 299 Å². The van der Waals surface area contributed by atoms with Gasteiger partial charge in [0.05, 0.1) is 17.9 Å². The first kappa shape index (κ1) is 35.4. The summed E-state index contributed by atoms with van der Waals surface area (Å²) >= 11 is 0. The Balaban J connectivity index is 0.987. The summed E-state index contributed by atoms with van der Waals surface area (Å²) in [5.74, 6) is 5.95. The van der Waals surface area contributed by atoms with Crippen LogP contribution in [-0.4, -0.2) is 54.4 Å². The van der Waals surface area contributed by atoms with E-state index in [0.717, 1.165) is 12.8 Å². The lowest BCUT2D eigenvalue weighted by Crippen LogP contribution is -2.32. The van der Waals surface area contributed by atoms with Crippen molar-refractivity contribution in [1.82, 2.24) is 10.6 Å². The largest absolute Gasteiger partial charge is 0.508 e. The Kier molecular flexibility index (Phi) is 10.4. The highest BCUT2D eigenvalue weighted by Crippen LogP contribution is 2.57. The highest BCUT2D eigenvalue weighted by molar-refractivity contribution is 5.98. The number of ether oxygens (including phenoxy) is 3. The second-order valence-electron chi connectivity index (χ2n) is 12.3. The van der Waals surface area contributed by atoms with Crippen molar-refractivity contribution in [2.45, 2.75) is 31.8 Å². The monoisotopic (exact) mass is 708 g/mol. The van der Waals surface area contributed by atoms with Crippen LogP contribution in [0.15, 0.2) is 90.8 Å². The van der Waals surface area contributed by atoms with Crippen LogP contribution in [-0.2, 0) is 15.1 Å². The molecule has 0 aromatic heterocycles. The summed E-state index contributed by atoms with van der Waals surface area (Å²) in [5, 5.41) is 30.3. The fourth-order valence-corrected chi connectivity index (χ4v) is 6.08. The number of esters is 1. The van der Waals surface area contributed by atoms with Crippen LogP contribution in [0.25, 0.3) is 0 Å². The van der Waals surface area contributed by atoms with Crippen LogP contribution < -0.4 is 37.3 Å². The average molecular weight is 709 g/mol. The Morgan fingerprint density at radius 2 is 1.56 bits per heavy atom. The third kappa shape index (κ3) is 7.37. The molecule has 2 aliphatic rings. The number of carbonyl (C=O) groups excluding carboxylic acids is 3. The maximum atomic E-state index is 13.3. The lowest BCUT2D eigenvalue weighted by Gasteiger charge is -2.36. The minimum absolute atomic E-state index is 0.0251. The highest BCUT2D eigenvalue weighted by atomic mass is 16.6. The standard InChI is InChI=1S/C38H40N6O8/c1-2-3-15-42-35(47)23-4-7-26(8-5-23)44(40)22-24(39)14-18-50-37(49)43-17-16-41-25-6-11-30-29(19-25)36(48)52-38(30)31-12-9-27(45)20-33(31)51-34-21-28(46)10-13-32(34)38/h4-13,19-22,41,45-46H,2-3,14-18,39-40H2,1H3,(H,42,47)(H,43,49)/b24-22-. The molecule has 0 saturated heterocycles. The number of hydrazine groups is 1. The molecule has 0 bridgehead atoms. The molecule has 14 heteroatoms. The fraction of sp³-hybridized carbons (Fsp3) is 0.237. The molecule has 1 spiro atoms. The number of hydrogen-bond donors (Lipinski definition) is 7. The Morgan fingerprint density at radius 3 is 2.23 bits per heavy atom. The Hall–Kier alpha value is -6.41. The third-order valence-corrected chi connectivity index (χ3v) is 8.67. The van der Waals surface area contributed by atoms with Crippen LogP contribution in [0.2, 0.25) is 0 Å². The molecular weight excluding hydrogens is 668 g/mol. The normalized spacial score (nSPS) is 13.6. The number of carbonyl (C=O) groups is 3. The zero-order valence-corrected chi connectivity index (χ0v) is 28.5. The molecule has 270 valence electrons. The zero-order valence-electron chi connectivity index (χ0n) is 28.5. The van der Waals surface area contributed by atoms with E-state index >= 15 is 0 Å². The number of hydrogen-bond acceptors (Lipinski definition) is 12. The second kappa shape index (κ2) is 15.2. The number of anilines is 2. The number of nitrogens with two attached hydrogens (primary N) is 2. The number of fused-ring (bicyclic) bond motifs is 6. The number of nitrogens with one attached hydrogen (secondary N) is 3. The van der Waals surface area contributed by atoms with Gasteiger partial charge in [0.15, 0.2) is 5.60 Å². The van der Waals surface area contributed by atoms with E-state index in [1.165, 1.54) is 35.5 Å². The van der Waals surface area contributed by atoms with E-state index in [-0.39, 0.29) is 37.0 Å². The van der Waals surface area contributed by atoms with Crippen LogP contribution in [0.1, 0.15) is 63.6 Å². The number of rotatable bonds is 13. The predicted molar refractivity (Wildman–Crippen MR) is 193 cm³/mol. The summed E-state index contributed by atoms with van der Waals surface area (Å²) in [6.45, 7) is 3.26. The number of phenols is 2. The van der Waals surface area contributed by atoms with Crippen LogP contribution in [0.5, 0.6) is 23.0 Å². The van der Waals surface area contributed by atoms with E-state index in [1.54, 1.807) is 54.6 Å². The second-order valence-corrected chi connectivity index (χ2v) is 12.3. The summed E-state index contributed by atoms with van der Waals surface area (Å²) < 4.78 is 17.3. The molecule has 0 saturated carbocycles.